The Morgan fingerprint density at radius 1 is 0.775 bits per heavy atom. The Morgan fingerprint density at radius 2 is 1.23 bits per heavy atom. The van der Waals surface area contributed by atoms with Gasteiger partial charge in [-0.1, -0.05) is 36.4 Å². The van der Waals surface area contributed by atoms with Crippen LogP contribution in [0, 0.1) is 0 Å². The van der Waals surface area contributed by atoms with E-state index >= 15 is 0 Å². The molecule has 2 aromatic heterocycles. The number of carboxylic acid groups (broad SMARTS) is 1. The molecule has 4 atom stereocenters. The normalized spacial score (nSPS) is 14.3. The van der Waals surface area contributed by atoms with E-state index in [0.717, 1.165) is 32.9 Å². The molecule has 0 aliphatic rings. The van der Waals surface area contributed by atoms with Gasteiger partial charge in [0.25, 0.3) is 0 Å². The number of hydrogen-bond donors (Lipinski definition) is 8. The summed E-state index contributed by atoms with van der Waals surface area (Å²) < 4.78 is 0. The number of rotatable bonds is 12. The summed E-state index contributed by atoms with van der Waals surface area (Å²) in [7, 11) is 0. The molecule has 3 amide bonds. The van der Waals surface area contributed by atoms with E-state index in [1.165, 1.54) is 6.92 Å². The summed E-state index contributed by atoms with van der Waals surface area (Å²) in [6, 6.07) is 10.7. The first-order chi connectivity index (χ1) is 19.2. The average Bonchev–Trinajstić information content (AvgIpc) is 3.54. The summed E-state index contributed by atoms with van der Waals surface area (Å²) >= 11 is 4.17. The number of H-pyrrole nitrogens is 2. The predicted molar refractivity (Wildman–Crippen MR) is 155 cm³/mol. The lowest BCUT2D eigenvalue weighted by Crippen LogP contribution is -2.58. The highest BCUT2D eigenvalue weighted by Crippen LogP contribution is 2.21. The molecule has 4 rings (SSSR count). The highest BCUT2D eigenvalue weighted by Gasteiger charge is 2.30. The molecule has 0 aliphatic heterocycles. The summed E-state index contributed by atoms with van der Waals surface area (Å²) in [5.41, 5.74) is 8.79. The van der Waals surface area contributed by atoms with Crippen LogP contribution in [-0.4, -0.2) is 68.7 Å². The molecule has 0 radical (unpaired) electrons. The molecule has 0 saturated heterocycles. The fourth-order valence-electron chi connectivity index (χ4n) is 4.49. The molecule has 12 heteroatoms. The van der Waals surface area contributed by atoms with E-state index in [1.54, 1.807) is 12.4 Å². The van der Waals surface area contributed by atoms with Gasteiger partial charge < -0.3 is 36.8 Å². The number of para-hydroxylation sites is 2. The molecule has 2 aromatic carbocycles. The zero-order valence-electron chi connectivity index (χ0n) is 21.8. The van der Waals surface area contributed by atoms with Crippen molar-refractivity contribution >= 4 is 58.1 Å². The standard InChI is InChI=1S/C28H32N6O5S/c1-15(29)25(35)34-24(14-40)27(37)32-22(10-16-12-30-20-8-4-2-6-18(16)20)26(36)33-23(28(38)39)11-17-13-31-21-9-5-3-7-19(17)21/h2-9,12-13,15,22-24,30-31,40H,10-11,14,29H2,1H3,(H,32,37)(H,33,36)(H,34,35)(H,38,39). The molecule has 11 nitrogen and oxygen atoms in total. The molecule has 4 unspecified atom stereocenters. The predicted octanol–water partition coefficient (Wildman–Crippen LogP) is 1.25. The average molecular weight is 565 g/mol. The fraction of sp³-hybridized carbons (Fsp3) is 0.286. The van der Waals surface area contributed by atoms with Crippen LogP contribution >= 0.6 is 12.6 Å². The summed E-state index contributed by atoms with van der Waals surface area (Å²) in [5, 5.41) is 19.5. The fourth-order valence-corrected chi connectivity index (χ4v) is 4.75. The Morgan fingerprint density at radius 3 is 1.73 bits per heavy atom. The Labute approximate surface area is 235 Å². The summed E-state index contributed by atoms with van der Waals surface area (Å²) in [6.45, 7) is 1.48. The van der Waals surface area contributed by atoms with Crippen molar-refractivity contribution in [3.8, 4) is 0 Å². The largest absolute Gasteiger partial charge is 0.480 e. The van der Waals surface area contributed by atoms with Gasteiger partial charge in [0.2, 0.25) is 17.7 Å². The number of carbonyl (C=O) groups is 4. The highest BCUT2D eigenvalue weighted by molar-refractivity contribution is 7.80. The zero-order valence-corrected chi connectivity index (χ0v) is 22.7. The number of carboxylic acids is 1. The lowest BCUT2D eigenvalue weighted by Gasteiger charge is -2.24. The lowest BCUT2D eigenvalue weighted by molar-refractivity contribution is -0.142. The lowest BCUT2D eigenvalue weighted by atomic mass is 10.0. The molecule has 0 aliphatic carbocycles. The first-order valence-electron chi connectivity index (χ1n) is 12.8. The van der Waals surface area contributed by atoms with Gasteiger partial charge in [-0.15, -0.1) is 0 Å². The maximum absolute atomic E-state index is 13.6. The maximum atomic E-state index is 13.6. The Kier molecular flexibility index (Phi) is 9.12. The number of aliphatic carboxylic acids is 1. The first-order valence-corrected chi connectivity index (χ1v) is 13.4. The molecule has 0 fully saturated rings. The van der Waals surface area contributed by atoms with Gasteiger partial charge in [0.15, 0.2) is 0 Å². The number of fused-ring (bicyclic) bond motifs is 2. The minimum atomic E-state index is -1.26. The van der Waals surface area contributed by atoms with Crippen molar-refractivity contribution in [1.29, 1.82) is 0 Å². The minimum absolute atomic E-state index is 0.0303. The van der Waals surface area contributed by atoms with Crippen LogP contribution in [0.2, 0.25) is 0 Å². The third-order valence-corrected chi connectivity index (χ3v) is 7.04. The van der Waals surface area contributed by atoms with Crippen molar-refractivity contribution in [3.63, 3.8) is 0 Å². The van der Waals surface area contributed by atoms with Crippen LogP contribution in [0.25, 0.3) is 21.8 Å². The van der Waals surface area contributed by atoms with Crippen LogP contribution in [0.15, 0.2) is 60.9 Å². The topological polar surface area (TPSA) is 182 Å². The van der Waals surface area contributed by atoms with Crippen molar-refractivity contribution in [2.24, 2.45) is 5.73 Å². The molecule has 4 aromatic rings. The Balaban J connectivity index is 1.57. The van der Waals surface area contributed by atoms with Gasteiger partial charge >= 0.3 is 5.97 Å². The molecule has 0 saturated carbocycles. The molecule has 40 heavy (non-hydrogen) atoms. The first kappa shape index (κ1) is 28.7. The second-order valence-corrected chi connectivity index (χ2v) is 9.99. The molecule has 2 heterocycles. The molecular formula is C28H32N6O5S. The third-order valence-electron chi connectivity index (χ3n) is 6.67. The van der Waals surface area contributed by atoms with E-state index < -0.39 is 47.9 Å². The number of aromatic amines is 2. The van der Waals surface area contributed by atoms with Gasteiger partial charge in [-0.05, 0) is 30.2 Å². The quantitative estimate of drug-likeness (QED) is 0.120. The number of aromatic nitrogens is 2. The van der Waals surface area contributed by atoms with E-state index in [2.05, 4.69) is 38.5 Å². The van der Waals surface area contributed by atoms with Gasteiger partial charge in [-0.2, -0.15) is 12.6 Å². The number of nitrogens with two attached hydrogens (primary N) is 1. The Hall–Kier alpha value is -4.29. The van der Waals surface area contributed by atoms with Crippen LogP contribution in [0.1, 0.15) is 18.1 Å². The number of hydrogen-bond acceptors (Lipinski definition) is 6. The summed E-state index contributed by atoms with van der Waals surface area (Å²) in [6.07, 6.45) is 3.56. The van der Waals surface area contributed by atoms with Crippen LogP contribution in [0.3, 0.4) is 0 Å². The Bertz CT molecular complexity index is 1530. The van der Waals surface area contributed by atoms with Gasteiger partial charge in [-0.3, -0.25) is 14.4 Å². The minimum Gasteiger partial charge on any atom is -0.480 e. The van der Waals surface area contributed by atoms with Gasteiger partial charge in [0.05, 0.1) is 6.04 Å². The van der Waals surface area contributed by atoms with Crippen LogP contribution in [0.5, 0.6) is 0 Å². The maximum Gasteiger partial charge on any atom is 0.326 e. The van der Waals surface area contributed by atoms with E-state index in [9.17, 15) is 24.3 Å². The number of nitrogens with one attached hydrogen (secondary N) is 5. The second-order valence-electron chi connectivity index (χ2n) is 9.62. The van der Waals surface area contributed by atoms with Crippen molar-refractivity contribution in [2.45, 2.75) is 43.9 Å². The molecular weight excluding hydrogens is 532 g/mol. The number of thiol groups is 1. The number of carbonyl (C=O) groups excluding carboxylic acids is 3. The van der Waals surface area contributed by atoms with Gasteiger partial charge in [-0.25, -0.2) is 4.79 Å². The van der Waals surface area contributed by atoms with E-state index in [-0.39, 0.29) is 18.6 Å². The van der Waals surface area contributed by atoms with Gasteiger partial charge in [0.1, 0.15) is 18.1 Å². The van der Waals surface area contributed by atoms with E-state index in [1.807, 2.05) is 48.5 Å². The van der Waals surface area contributed by atoms with Crippen molar-refractivity contribution in [2.75, 3.05) is 5.75 Å². The van der Waals surface area contributed by atoms with Crippen molar-refractivity contribution < 1.29 is 24.3 Å². The molecule has 0 spiro atoms. The van der Waals surface area contributed by atoms with Crippen molar-refractivity contribution in [3.05, 3.63) is 72.1 Å². The summed E-state index contributed by atoms with van der Waals surface area (Å²) in [5.74, 6) is -3.12. The number of benzene rings is 2. The molecule has 8 N–H and O–H groups in total. The number of amides is 3. The summed E-state index contributed by atoms with van der Waals surface area (Å²) in [4.78, 5) is 57.2. The smallest absolute Gasteiger partial charge is 0.326 e. The van der Waals surface area contributed by atoms with Crippen LogP contribution in [0.4, 0.5) is 0 Å². The van der Waals surface area contributed by atoms with Crippen LogP contribution < -0.4 is 21.7 Å². The zero-order chi connectivity index (χ0) is 28.8. The van der Waals surface area contributed by atoms with E-state index in [0.29, 0.717) is 0 Å². The SMILES string of the molecule is CC(N)C(=O)NC(CS)C(=O)NC(Cc1c[nH]c2ccccc12)C(=O)NC(Cc1c[nH]c2ccccc12)C(=O)O. The van der Waals surface area contributed by atoms with E-state index in [4.69, 9.17) is 5.73 Å². The van der Waals surface area contributed by atoms with Gasteiger partial charge in [0, 0.05) is 52.8 Å². The second kappa shape index (κ2) is 12.7. The molecule has 210 valence electrons. The third kappa shape index (κ3) is 6.64. The molecule has 0 bridgehead atoms. The highest BCUT2D eigenvalue weighted by atomic mass is 32.1. The van der Waals surface area contributed by atoms with Crippen molar-refractivity contribution in [1.82, 2.24) is 25.9 Å². The monoisotopic (exact) mass is 564 g/mol. The van der Waals surface area contributed by atoms with Crippen LogP contribution in [-0.2, 0) is 32.0 Å².